The molecule has 2 aromatic carbocycles. The van der Waals surface area contributed by atoms with Gasteiger partial charge in [-0.05, 0) is 36.4 Å². The first-order valence-corrected chi connectivity index (χ1v) is 7.50. The number of carbonyl (C=O) groups excluding carboxylic acids is 1. The van der Waals surface area contributed by atoms with Gasteiger partial charge in [-0.1, -0.05) is 23.7 Å². The van der Waals surface area contributed by atoms with E-state index in [9.17, 15) is 9.90 Å². The molecule has 0 aliphatic carbocycles. The van der Waals surface area contributed by atoms with Gasteiger partial charge in [-0.15, -0.1) is 0 Å². The van der Waals surface area contributed by atoms with Crippen molar-refractivity contribution in [2.24, 2.45) is 0 Å². The van der Waals surface area contributed by atoms with Crippen molar-refractivity contribution in [3.8, 4) is 11.5 Å². The van der Waals surface area contributed by atoms with Crippen molar-refractivity contribution in [1.82, 2.24) is 9.78 Å². The zero-order chi connectivity index (χ0) is 16.9. The Hall–Kier alpha value is -2.99. The maximum Gasteiger partial charge on any atom is 0.276 e. The Kier molecular flexibility index (Phi) is 4.67. The minimum absolute atomic E-state index is 0.0771. The van der Waals surface area contributed by atoms with Crippen LogP contribution in [-0.4, -0.2) is 20.8 Å². The van der Waals surface area contributed by atoms with Crippen molar-refractivity contribution in [3.63, 3.8) is 0 Å². The maximum absolute atomic E-state index is 12.1. The Morgan fingerprint density at radius 2 is 2.04 bits per heavy atom. The van der Waals surface area contributed by atoms with Crippen molar-refractivity contribution in [3.05, 3.63) is 71.5 Å². The molecule has 0 spiro atoms. The van der Waals surface area contributed by atoms with Crippen LogP contribution in [0, 0.1) is 0 Å². The lowest BCUT2D eigenvalue weighted by molar-refractivity contribution is 0.102. The monoisotopic (exact) mass is 343 g/mol. The summed E-state index contributed by atoms with van der Waals surface area (Å²) in [6.45, 7) is 0.153. The molecular formula is C17H14ClN3O3. The van der Waals surface area contributed by atoms with E-state index in [1.54, 1.807) is 48.7 Å². The number of carbonyl (C=O) groups is 1. The van der Waals surface area contributed by atoms with E-state index in [0.717, 1.165) is 0 Å². The molecule has 6 nitrogen and oxygen atoms in total. The average molecular weight is 344 g/mol. The fourth-order valence-corrected chi connectivity index (χ4v) is 2.21. The number of hydrogen-bond acceptors (Lipinski definition) is 4. The molecule has 0 saturated carbocycles. The number of phenolic OH excluding ortho intramolecular Hbond substituents is 1. The van der Waals surface area contributed by atoms with Crippen molar-refractivity contribution in [2.75, 3.05) is 5.32 Å². The number of aromatic hydroxyl groups is 1. The fourth-order valence-electron chi connectivity index (χ4n) is 2.03. The third kappa shape index (κ3) is 4.05. The van der Waals surface area contributed by atoms with Crippen LogP contribution < -0.4 is 10.1 Å². The first kappa shape index (κ1) is 15.9. The summed E-state index contributed by atoms with van der Waals surface area (Å²) in [5.41, 5.74) is 0.734. The number of benzene rings is 2. The summed E-state index contributed by atoms with van der Waals surface area (Å²) in [7, 11) is 0. The topological polar surface area (TPSA) is 76.4 Å². The Balaban J connectivity index is 1.61. The lowest BCUT2D eigenvalue weighted by atomic mass is 10.3. The maximum atomic E-state index is 12.1. The third-order valence-electron chi connectivity index (χ3n) is 3.14. The molecule has 0 bridgehead atoms. The largest absolute Gasteiger partial charge is 0.508 e. The van der Waals surface area contributed by atoms with Gasteiger partial charge < -0.3 is 15.2 Å². The predicted octanol–water partition coefficient (Wildman–Crippen LogP) is 3.53. The van der Waals surface area contributed by atoms with E-state index in [0.29, 0.717) is 16.5 Å². The van der Waals surface area contributed by atoms with Crippen LogP contribution in [-0.2, 0) is 6.73 Å². The van der Waals surface area contributed by atoms with Gasteiger partial charge >= 0.3 is 0 Å². The van der Waals surface area contributed by atoms with Crippen LogP contribution >= 0.6 is 11.6 Å². The molecule has 0 saturated heterocycles. The van der Waals surface area contributed by atoms with E-state index in [-0.39, 0.29) is 24.1 Å². The number of phenols is 1. The highest BCUT2D eigenvalue weighted by Crippen LogP contribution is 2.18. The molecule has 1 amide bonds. The molecule has 0 radical (unpaired) electrons. The number of amides is 1. The first-order chi connectivity index (χ1) is 11.6. The second kappa shape index (κ2) is 7.06. The number of ether oxygens (including phenoxy) is 1. The molecule has 0 fully saturated rings. The van der Waals surface area contributed by atoms with E-state index in [1.165, 1.54) is 16.8 Å². The van der Waals surface area contributed by atoms with Gasteiger partial charge in [0.1, 0.15) is 11.5 Å². The SMILES string of the molecule is O=C(Nc1cccc(O)c1)c1ccn(COc2cccc(Cl)c2)n1. The van der Waals surface area contributed by atoms with Gasteiger partial charge in [0.25, 0.3) is 5.91 Å². The van der Waals surface area contributed by atoms with Gasteiger partial charge in [0.15, 0.2) is 12.4 Å². The molecule has 24 heavy (non-hydrogen) atoms. The van der Waals surface area contributed by atoms with Crippen LogP contribution in [0.1, 0.15) is 10.5 Å². The molecule has 0 unspecified atom stereocenters. The molecule has 1 heterocycles. The second-order valence-corrected chi connectivity index (χ2v) is 5.41. The number of nitrogens with zero attached hydrogens (tertiary/aromatic N) is 2. The van der Waals surface area contributed by atoms with Gasteiger partial charge in [0, 0.05) is 23.0 Å². The number of hydrogen-bond donors (Lipinski definition) is 2. The lowest BCUT2D eigenvalue weighted by Crippen LogP contribution is -2.14. The van der Waals surface area contributed by atoms with Crippen molar-refractivity contribution >= 4 is 23.2 Å². The van der Waals surface area contributed by atoms with Crippen LogP contribution in [0.5, 0.6) is 11.5 Å². The predicted molar refractivity (Wildman–Crippen MR) is 90.4 cm³/mol. The van der Waals surface area contributed by atoms with Gasteiger partial charge in [-0.3, -0.25) is 4.79 Å². The van der Waals surface area contributed by atoms with E-state index >= 15 is 0 Å². The minimum atomic E-state index is -0.373. The number of aromatic nitrogens is 2. The molecule has 1 aromatic heterocycles. The number of rotatable bonds is 5. The molecule has 7 heteroatoms. The summed E-state index contributed by atoms with van der Waals surface area (Å²) < 4.78 is 7.05. The smallest absolute Gasteiger partial charge is 0.276 e. The molecule has 0 aliphatic rings. The van der Waals surface area contributed by atoms with Crippen LogP contribution in [0.25, 0.3) is 0 Å². The third-order valence-corrected chi connectivity index (χ3v) is 3.37. The molecule has 3 rings (SSSR count). The first-order valence-electron chi connectivity index (χ1n) is 7.12. The normalized spacial score (nSPS) is 10.4. The standard InChI is InChI=1S/C17H14ClN3O3/c18-12-3-1-6-15(9-12)24-11-21-8-7-16(20-21)17(23)19-13-4-2-5-14(22)10-13/h1-10,22H,11H2,(H,19,23). The number of halogens is 1. The van der Waals surface area contributed by atoms with Crippen LogP contribution in [0.3, 0.4) is 0 Å². The summed E-state index contributed by atoms with van der Waals surface area (Å²) >= 11 is 5.89. The number of nitrogens with one attached hydrogen (secondary N) is 1. The quantitative estimate of drug-likeness (QED) is 0.743. The van der Waals surface area contributed by atoms with Gasteiger partial charge in [-0.2, -0.15) is 5.10 Å². The van der Waals surface area contributed by atoms with Crippen LogP contribution in [0.4, 0.5) is 5.69 Å². The van der Waals surface area contributed by atoms with Crippen LogP contribution in [0.2, 0.25) is 5.02 Å². The highest BCUT2D eigenvalue weighted by atomic mass is 35.5. The van der Waals surface area contributed by atoms with Crippen molar-refractivity contribution < 1.29 is 14.6 Å². The average Bonchev–Trinajstić information content (AvgIpc) is 3.02. The summed E-state index contributed by atoms with van der Waals surface area (Å²) in [6.07, 6.45) is 1.64. The fraction of sp³-hybridized carbons (Fsp3) is 0.0588. The number of anilines is 1. The highest BCUT2D eigenvalue weighted by molar-refractivity contribution is 6.30. The summed E-state index contributed by atoms with van der Waals surface area (Å²) in [4.78, 5) is 12.1. The van der Waals surface area contributed by atoms with E-state index in [2.05, 4.69) is 10.4 Å². The molecule has 0 aliphatic heterocycles. The summed E-state index contributed by atoms with van der Waals surface area (Å²) in [5, 5.41) is 16.8. The van der Waals surface area contributed by atoms with Crippen LogP contribution in [0.15, 0.2) is 60.8 Å². The van der Waals surface area contributed by atoms with E-state index in [4.69, 9.17) is 16.3 Å². The van der Waals surface area contributed by atoms with E-state index in [1.807, 2.05) is 0 Å². The van der Waals surface area contributed by atoms with Crippen molar-refractivity contribution in [2.45, 2.75) is 6.73 Å². The van der Waals surface area contributed by atoms with Gasteiger partial charge in [-0.25, -0.2) is 4.68 Å². The summed E-state index contributed by atoms with van der Waals surface area (Å²) in [6, 6.07) is 14.9. The zero-order valence-electron chi connectivity index (χ0n) is 12.5. The molecule has 0 atom stereocenters. The second-order valence-electron chi connectivity index (χ2n) is 4.98. The Morgan fingerprint density at radius 1 is 1.21 bits per heavy atom. The molecule has 3 aromatic rings. The lowest BCUT2D eigenvalue weighted by Gasteiger charge is -2.06. The van der Waals surface area contributed by atoms with Gasteiger partial charge in [0.05, 0.1) is 0 Å². The summed E-state index contributed by atoms with van der Waals surface area (Å²) in [5.74, 6) is 0.319. The molecule has 2 N–H and O–H groups in total. The Bertz CT molecular complexity index is 864. The highest BCUT2D eigenvalue weighted by Gasteiger charge is 2.10. The zero-order valence-corrected chi connectivity index (χ0v) is 13.3. The minimum Gasteiger partial charge on any atom is -0.508 e. The Labute approximate surface area is 143 Å². The Morgan fingerprint density at radius 3 is 2.83 bits per heavy atom. The van der Waals surface area contributed by atoms with Crippen molar-refractivity contribution in [1.29, 1.82) is 0 Å². The van der Waals surface area contributed by atoms with E-state index < -0.39 is 0 Å². The molecular weight excluding hydrogens is 330 g/mol. The van der Waals surface area contributed by atoms with Gasteiger partial charge in [0.2, 0.25) is 0 Å². The molecule has 122 valence electrons.